The average Bonchev–Trinajstić information content (AvgIpc) is 2.65. The summed E-state index contributed by atoms with van der Waals surface area (Å²) in [6.07, 6.45) is 3.50. The molecule has 0 aliphatic carbocycles. The van der Waals surface area contributed by atoms with Crippen LogP contribution in [-0.4, -0.2) is 9.13 Å². The van der Waals surface area contributed by atoms with Gasteiger partial charge in [-0.05, 0) is 19.1 Å². The summed E-state index contributed by atoms with van der Waals surface area (Å²) in [4.78, 5) is 11.9. The number of aromatic nitrogens is 2. The number of nitrogen functional groups attached to an aromatic ring is 1. The first-order chi connectivity index (χ1) is 8.13. The van der Waals surface area contributed by atoms with Crippen LogP contribution in [0.3, 0.4) is 0 Å². The zero-order chi connectivity index (χ0) is 12.4. The molecule has 1 aromatic heterocycles. The lowest BCUT2D eigenvalue weighted by molar-refractivity contribution is 0.669. The van der Waals surface area contributed by atoms with Crippen LogP contribution in [-0.2, 0) is 13.1 Å². The Morgan fingerprint density at radius 3 is 2.59 bits per heavy atom. The van der Waals surface area contributed by atoms with Crippen LogP contribution in [0.15, 0.2) is 35.4 Å². The molecule has 1 aromatic carbocycles. The lowest BCUT2D eigenvalue weighted by Gasteiger charge is -2.07. The summed E-state index contributed by atoms with van der Waals surface area (Å²) in [6.45, 7) is 2.98. The van der Waals surface area contributed by atoms with Crippen LogP contribution >= 0.6 is 11.6 Å². The first kappa shape index (κ1) is 11.8. The van der Waals surface area contributed by atoms with Gasteiger partial charge in [-0.15, -0.1) is 0 Å². The molecule has 2 rings (SSSR count). The van der Waals surface area contributed by atoms with Crippen LogP contribution in [0.5, 0.6) is 0 Å². The fourth-order valence-corrected chi connectivity index (χ4v) is 1.97. The van der Waals surface area contributed by atoms with E-state index in [1.54, 1.807) is 39.7 Å². The fraction of sp³-hybridized carbons (Fsp3) is 0.250. The van der Waals surface area contributed by atoms with Gasteiger partial charge >= 0.3 is 5.69 Å². The maximum absolute atomic E-state index is 11.9. The molecule has 0 fully saturated rings. The monoisotopic (exact) mass is 251 g/mol. The maximum atomic E-state index is 11.9. The van der Waals surface area contributed by atoms with E-state index in [4.69, 9.17) is 17.3 Å². The summed E-state index contributed by atoms with van der Waals surface area (Å²) >= 11 is 6.07. The highest BCUT2D eigenvalue weighted by atomic mass is 35.5. The molecule has 0 saturated carbocycles. The van der Waals surface area contributed by atoms with Gasteiger partial charge in [-0.1, -0.05) is 17.7 Å². The van der Waals surface area contributed by atoms with E-state index in [-0.39, 0.29) is 5.69 Å². The molecule has 5 heteroatoms. The highest BCUT2D eigenvalue weighted by molar-refractivity contribution is 6.31. The van der Waals surface area contributed by atoms with Crippen molar-refractivity contribution in [1.29, 1.82) is 0 Å². The van der Waals surface area contributed by atoms with Gasteiger partial charge in [-0.2, -0.15) is 0 Å². The van der Waals surface area contributed by atoms with E-state index in [0.717, 1.165) is 5.56 Å². The zero-order valence-corrected chi connectivity index (χ0v) is 10.3. The van der Waals surface area contributed by atoms with Gasteiger partial charge in [-0.3, -0.25) is 9.13 Å². The summed E-state index contributed by atoms with van der Waals surface area (Å²) in [6, 6.07) is 5.35. The van der Waals surface area contributed by atoms with Gasteiger partial charge < -0.3 is 5.73 Å². The summed E-state index contributed by atoms with van der Waals surface area (Å²) in [5, 5.41) is 0.584. The Kier molecular flexibility index (Phi) is 3.24. The Morgan fingerprint density at radius 1 is 1.29 bits per heavy atom. The van der Waals surface area contributed by atoms with Crippen molar-refractivity contribution in [3.05, 3.63) is 51.7 Å². The van der Waals surface area contributed by atoms with Gasteiger partial charge in [0.15, 0.2) is 0 Å². The van der Waals surface area contributed by atoms with Crippen LogP contribution in [0, 0.1) is 0 Å². The lowest BCUT2D eigenvalue weighted by Crippen LogP contribution is -2.24. The standard InChI is InChI=1S/C12H14ClN3O/c1-2-15-6-7-16(12(15)17)8-9-10(13)4-3-5-11(9)14/h3-7H,2,8,14H2,1H3. The first-order valence-corrected chi connectivity index (χ1v) is 5.79. The van der Waals surface area contributed by atoms with Gasteiger partial charge in [0.1, 0.15) is 0 Å². The largest absolute Gasteiger partial charge is 0.398 e. The highest BCUT2D eigenvalue weighted by Gasteiger charge is 2.08. The fourth-order valence-electron chi connectivity index (χ4n) is 1.73. The second-order valence-corrected chi connectivity index (χ2v) is 4.21. The Balaban J connectivity index is 2.38. The van der Waals surface area contributed by atoms with Crippen LogP contribution in [0.1, 0.15) is 12.5 Å². The molecule has 0 radical (unpaired) electrons. The number of halogens is 1. The third kappa shape index (κ3) is 2.22. The number of imidazole rings is 1. The SMILES string of the molecule is CCn1ccn(Cc2c(N)cccc2Cl)c1=O. The molecule has 0 amide bonds. The van der Waals surface area contributed by atoms with E-state index < -0.39 is 0 Å². The molecule has 0 bridgehead atoms. The maximum Gasteiger partial charge on any atom is 0.328 e. The molecular weight excluding hydrogens is 238 g/mol. The molecule has 1 heterocycles. The molecule has 4 nitrogen and oxygen atoms in total. The number of nitrogens with two attached hydrogens (primary N) is 1. The number of rotatable bonds is 3. The van der Waals surface area contributed by atoms with E-state index in [9.17, 15) is 4.79 Å². The van der Waals surface area contributed by atoms with Crippen molar-refractivity contribution in [1.82, 2.24) is 9.13 Å². The Bertz CT molecular complexity index is 565. The van der Waals surface area contributed by atoms with Crippen molar-refractivity contribution in [3.8, 4) is 0 Å². The summed E-state index contributed by atoms with van der Waals surface area (Å²) < 4.78 is 3.23. The minimum atomic E-state index is -0.0492. The first-order valence-electron chi connectivity index (χ1n) is 5.42. The van der Waals surface area contributed by atoms with Crippen LogP contribution in [0.2, 0.25) is 5.02 Å². The van der Waals surface area contributed by atoms with Gasteiger partial charge in [0, 0.05) is 35.2 Å². The van der Waals surface area contributed by atoms with Crippen molar-refractivity contribution in [2.24, 2.45) is 0 Å². The summed E-state index contributed by atoms with van der Waals surface area (Å²) in [7, 11) is 0. The lowest BCUT2D eigenvalue weighted by atomic mass is 10.2. The molecule has 17 heavy (non-hydrogen) atoms. The molecule has 90 valence electrons. The number of anilines is 1. The second-order valence-electron chi connectivity index (χ2n) is 3.80. The zero-order valence-electron chi connectivity index (χ0n) is 9.56. The van der Waals surface area contributed by atoms with Crippen LogP contribution in [0.4, 0.5) is 5.69 Å². The number of nitrogens with zero attached hydrogens (tertiary/aromatic N) is 2. The minimum absolute atomic E-state index is 0.0492. The molecule has 0 spiro atoms. The molecule has 0 aliphatic heterocycles. The van der Waals surface area contributed by atoms with Gasteiger partial charge in [0.25, 0.3) is 0 Å². The summed E-state index contributed by atoms with van der Waals surface area (Å²) in [5.41, 5.74) is 7.19. The van der Waals surface area contributed by atoms with Crippen molar-refractivity contribution in [2.75, 3.05) is 5.73 Å². The predicted octanol–water partition coefficient (Wildman–Crippen LogP) is 1.95. The van der Waals surface area contributed by atoms with E-state index in [0.29, 0.717) is 23.8 Å². The second kappa shape index (κ2) is 4.67. The van der Waals surface area contributed by atoms with E-state index in [1.165, 1.54) is 0 Å². The number of hydrogen-bond acceptors (Lipinski definition) is 2. The highest BCUT2D eigenvalue weighted by Crippen LogP contribution is 2.22. The number of benzene rings is 1. The minimum Gasteiger partial charge on any atom is -0.398 e. The number of aryl methyl sites for hydroxylation is 1. The van der Waals surface area contributed by atoms with E-state index in [2.05, 4.69) is 0 Å². The topological polar surface area (TPSA) is 52.9 Å². The molecule has 0 saturated heterocycles. The molecule has 0 aliphatic rings. The average molecular weight is 252 g/mol. The van der Waals surface area contributed by atoms with Gasteiger partial charge in [-0.25, -0.2) is 4.79 Å². The Labute approximate surface area is 104 Å². The van der Waals surface area contributed by atoms with E-state index >= 15 is 0 Å². The van der Waals surface area contributed by atoms with Crippen LogP contribution in [0.25, 0.3) is 0 Å². The quantitative estimate of drug-likeness (QED) is 0.848. The van der Waals surface area contributed by atoms with Crippen molar-refractivity contribution in [2.45, 2.75) is 20.0 Å². The third-order valence-corrected chi connectivity index (χ3v) is 3.10. The molecule has 2 N–H and O–H groups in total. The van der Waals surface area contributed by atoms with Gasteiger partial charge in [0.05, 0.1) is 6.54 Å². The Morgan fingerprint density at radius 2 is 2.00 bits per heavy atom. The van der Waals surface area contributed by atoms with Gasteiger partial charge in [0.2, 0.25) is 0 Å². The molecular formula is C12H14ClN3O. The normalized spacial score (nSPS) is 10.7. The predicted molar refractivity (Wildman–Crippen MR) is 69.3 cm³/mol. The molecule has 0 atom stereocenters. The third-order valence-electron chi connectivity index (χ3n) is 2.74. The number of hydrogen-bond donors (Lipinski definition) is 1. The van der Waals surface area contributed by atoms with Crippen molar-refractivity contribution < 1.29 is 0 Å². The molecule has 0 unspecified atom stereocenters. The molecule has 2 aromatic rings. The van der Waals surface area contributed by atoms with E-state index in [1.807, 2.05) is 6.92 Å². The smallest absolute Gasteiger partial charge is 0.328 e. The Hall–Kier alpha value is -1.68. The van der Waals surface area contributed by atoms with Crippen LogP contribution < -0.4 is 11.4 Å². The van der Waals surface area contributed by atoms with Crippen molar-refractivity contribution >= 4 is 17.3 Å². The summed E-state index contributed by atoms with van der Waals surface area (Å²) in [5.74, 6) is 0. The van der Waals surface area contributed by atoms with Crippen molar-refractivity contribution in [3.63, 3.8) is 0 Å².